The van der Waals surface area contributed by atoms with Crippen molar-refractivity contribution in [1.82, 2.24) is 0 Å². The number of hydrogen-bond acceptors (Lipinski definition) is 5. The Hall–Kier alpha value is -2.38. The van der Waals surface area contributed by atoms with Crippen LogP contribution in [0, 0.1) is 6.92 Å². The zero-order valence-corrected chi connectivity index (χ0v) is 16.5. The summed E-state index contributed by atoms with van der Waals surface area (Å²) >= 11 is 0. The van der Waals surface area contributed by atoms with Crippen molar-refractivity contribution in [2.45, 2.75) is 38.0 Å². The lowest BCUT2D eigenvalue weighted by Gasteiger charge is -2.13. The van der Waals surface area contributed by atoms with Crippen LogP contribution in [0.4, 0.5) is 5.69 Å². The van der Waals surface area contributed by atoms with Crippen molar-refractivity contribution in [3.63, 3.8) is 0 Å². The average molecular weight is 391 g/mol. The van der Waals surface area contributed by atoms with Gasteiger partial charge in [-0.05, 0) is 75.5 Å². The van der Waals surface area contributed by atoms with Crippen molar-refractivity contribution < 1.29 is 17.9 Å². The molecule has 0 atom stereocenters. The number of ether oxygens (including phenoxy) is 1. The van der Waals surface area contributed by atoms with E-state index in [1.165, 1.54) is 12.1 Å². The Kier molecular flexibility index (Phi) is 7.38. The fraction of sp³-hybridized carbons (Fsp3) is 0.350. The number of nitrogens with one attached hydrogen (secondary N) is 1. The molecule has 0 radical (unpaired) electrons. The first-order valence-corrected chi connectivity index (χ1v) is 10.4. The van der Waals surface area contributed by atoms with E-state index in [1.807, 2.05) is 13.0 Å². The summed E-state index contributed by atoms with van der Waals surface area (Å²) in [6.07, 6.45) is 2.32. The Morgan fingerprint density at radius 3 is 2.44 bits per heavy atom. The minimum atomic E-state index is -3.74. The summed E-state index contributed by atoms with van der Waals surface area (Å²) in [5, 5.41) is 0. The van der Waals surface area contributed by atoms with Gasteiger partial charge in [-0.1, -0.05) is 17.7 Å². The first-order chi connectivity index (χ1) is 12.9. The van der Waals surface area contributed by atoms with E-state index in [4.69, 9.17) is 10.5 Å². The summed E-state index contributed by atoms with van der Waals surface area (Å²) in [5.74, 6) is -0.437. The maximum atomic E-state index is 12.9. The van der Waals surface area contributed by atoms with Crippen molar-refractivity contribution >= 4 is 21.7 Å². The normalized spacial score (nSPS) is 11.2. The lowest BCUT2D eigenvalue weighted by molar-refractivity contribution is 0.0526. The summed E-state index contributed by atoms with van der Waals surface area (Å²) < 4.78 is 33.2. The van der Waals surface area contributed by atoms with Crippen LogP contribution in [0.15, 0.2) is 47.4 Å². The first-order valence-electron chi connectivity index (χ1n) is 8.97. The molecule has 2 rings (SSSR count). The third kappa shape index (κ3) is 5.80. The number of anilines is 1. The van der Waals surface area contributed by atoms with Crippen molar-refractivity contribution in [2.24, 2.45) is 5.73 Å². The Labute approximate surface area is 160 Å². The number of rotatable bonds is 9. The van der Waals surface area contributed by atoms with Gasteiger partial charge in [0.2, 0.25) is 0 Å². The predicted molar refractivity (Wildman–Crippen MR) is 106 cm³/mol. The second-order valence-electron chi connectivity index (χ2n) is 6.26. The van der Waals surface area contributed by atoms with E-state index in [0.717, 1.165) is 24.0 Å². The van der Waals surface area contributed by atoms with Crippen LogP contribution in [0.2, 0.25) is 0 Å². The Bertz CT molecular complexity index is 877. The minimum Gasteiger partial charge on any atom is -0.462 e. The van der Waals surface area contributed by atoms with E-state index < -0.39 is 16.0 Å². The third-order valence-electron chi connectivity index (χ3n) is 4.05. The van der Waals surface area contributed by atoms with Gasteiger partial charge in [0.15, 0.2) is 0 Å². The van der Waals surface area contributed by atoms with Crippen LogP contribution in [0.25, 0.3) is 0 Å². The molecule has 0 saturated heterocycles. The Morgan fingerprint density at radius 1 is 1.11 bits per heavy atom. The van der Waals surface area contributed by atoms with Gasteiger partial charge in [-0.3, -0.25) is 4.72 Å². The van der Waals surface area contributed by atoms with Crippen molar-refractivity contribution in [3.8, 4) is 0 Å². The van der Waals surface area contributed by atoms with E-state index in [9.17, 15) is 13.2 Å². The van der Waals surface area contributed by atoms with E-state index in [1.54, 1.807) is 31.2 Å². The maximum absolute atomic E-state index is 12.9. The zero-order valence-electron chi connectivity index (χ0n) is 15.7. The van der Waals surface area contributed by atoms with Crippen LogP contribution in [-0.2, 0) is 21.2 Å². The largest absolute Gasteiger partial charge is 0.462 e. The first kappa shape index (κ1) is 20.9. The average Bonchev–Trinajstić information content (AvgIpc) is 2.62. The van der Waals surface area contributed by atoms with Gasteiger partial charge in [0.1, 0.15) is 0 Å². The SMILES string of the molecule is CCOC(=O)c1ccc(NS(=O)(=O)c2ccc(C)cc2CCCCN)cc1. The van der Waals surface area contributed by atoms with E-state index in [-0.39, 0.29) is 11.5 Å². The smallest absolute Gasteiger partial charge is 0.338 e. The number of aryl methyl sites for hydroxylation is 2. The lowest BCUT2D eigenvalue weighted by atomic mass is 10.1. The van der Waals surface area contributed by atoms with Gasteiger partial charge in [0.05, 0.1) is 17.1 Å². The highest BCUT2D eigenvalue weighted by Crippen LogP contribution is 2.23. The molecular formula is C20H26N2O4S. The van der Waals surface area contributed by atoms with Gasteiger partial charge in [-0.25, -0.2) is 13.2 Å². The molecule has 0 unspecified atom stereocenters. The topological polar surface area (TPSA) is 98.5 Å². The number of esters is 1. The Morgan fingerprint density at radius 2 is 1.81 bits per heavy atom. The minimum absolute atomic E-state index is 0.264. The van der Waals surface area contributed by atoms with Gasteiger partial charge >= 0.3 is 5.97 Å². The standard InChI is InChI=1S/C20H26N2O4S/c1-3-26-20(23)16-8-10-18(11-9-16)22-27(24,25)19-12-7-15(2)14-17(19)6-4-5-13-21/h7-12,14,22H,3-6,13,21H2,1-2H3. The number of benzene rings is 2. The van der Waals surface area contributed by atoms with Crippen LogP contribution in [0.5, 0.6) is 0 Å². The Balaban J connectivity index is 2.22. The highest BCUT2D eigenvalue weighted by Gasteiger charge is 2.19. The molecule has 2 aromatic rings. The second-order valence-corrected chi connectivity index (χ2v) is 7.91. The van der Waals surface area contributed by atoms with Gasteiger partial charge in [-0.15, -0.1) is 0 Å². The van der Waals surface area contributed by atoms with Crippen LogP contribution in [-0.4, -0.2) is 27.5 Å². The molecule has 0 fully saturated rings. The molecule has 0 saturated carbocycles. The molecule has 0 aromatic heterocycles. The van der Waals surface area contributed by atoms with Crippen LogP contribution >= 0.6 is 0 Å². The van der Waals surface area contributed by atoms with Gasteiger partial charge in [0, 0.05) is 5.69 Å². The monoisotopic (exact) mass is 390 g/mol. The van der Waals surface area contributed by atoms with Gasteiger partial charge in [0.25, 0.3) is 10.0 Å². The third-order valence-corrected chi connectivity index (χ3v) is 5.54. The second kappa shape index (κ2) is 9.53. The summed E-state index contributed by atoms with van der Waals surface area (Å²) in [6, 6.07) is 11.5. The molecule has 0 aliphatic heterocycles. The van der Waals surface area contributed by atoms with Crippen LogP contribution in [0.1, 0.15) is 41.3 Å². The molecule has 0 aliphatic carbocycles. The molecule has 0 heterocycles. The summed E-state index contributed by atoms with van der Waals surface area (Å²) in [4.78, 5) is 12.0. The molecule has 0 spiro atoms. The summed E-state index contributed by atoms with van der Waals surface area (Å²) in [7, 11) is -3.74. The molecule has 0 aliphatic rings. The van der Waals surface area contributed by atoms with Crippen molar-refractivity contribution in [3.05, 3.63) is 59.2 Å². The molecule has 7 heteroatoms. The fourth-order valence-corrected chi connectivity index (χ4v) is 4.03. The molecule has 27 heavy (non-hydrogen) atoms. The molecule has 2 aromatic carbocycles. The van der Waals surface area contributed by atoms with Gasteiger partial charge < -0.3 is 10.5 Å². The summed E-state index contributed by atoms with van der Waals surface area (Å²) in [6.45, 7) is 4.53. The molecule has 0 bridgehead atoms. The maximum Gasteiger partial charge on any atom is 0.338 e. The van der Waals surface area contributed by atoms with E-state index in [2.05, 4.69) is 4.72 Å². The van der Waals surface area contributed by atoms with Crippen molar-refractivity contribution in [1.29, 1.82) is 0 Å². The number of sulfonamides is 1. The van der Waals surface area contributed by atoms with Gasteiger partial charge in [-0.2, -0.15) is 0 Å². The van der Waals surface area contributed by atoms with Crippen LogP contribution < -0.4 is 10.5 Å². The number of nitrogens with two attached hydrogens (primary N) is 1. The number of carbonyl (C=O) groups excluding carboxylic acids is 1. The molecular weight excluding hydrogens is 364 g/mol. The predicted octanol–water partition coefficient (Wildman–Crippen LogP) is 3.25. The highest BCUT2D eigenvalue weighted by atomic mass is 32.2. The van der Waals surface area contributed by atoms with E-state index >= 15 is 0 Å². The van der Waals surface area contributed by atoms with Crippen LogP contribution in [0.3, 0.4) is 0 Å². The molecule has 0 amide bonds. The lowest BCUT2D eigenvalue weighted by Crippen LogP contribution is -2.15. The molecule has 3 N–H and O–H groups in total. The fourth-order valence-electron chi connectivity index (χ4n) is 2.72. The molecule has 146 valence electrons. The highest BCUT2D eigenvalue weighted by molar-refractivity contribution is 7.92. The summed E-state index contributed by atoms with van der Waals surface area (Å²) in [5.41, 5.74) is 8.08. The molecule has 6 nitrogen and oxygen atoms in total. The van der Waals surface area contributed by atoms with Crippen molar-refractivity contribution in [2.75, 3.05) is 17.9 Å². The number of carbonyl (C=O) groups is 1. The number of unbranched alkanes of at least 4 members (excludes halogenated alkanes) is 1. The number of hydrogen-bond donors (Lipinski definition) is 2. The van der Waals surface area contributed by atoms with E-state index in [0.29, 0.717) is 24.2 Å². The zero-order chi connectivity index (χ0) is 19.9. The quantitative estimate of drug-likeness (QED) is 0.506.